The Kier molecular flexibility index (Phi) is 8.40. The Balaban J connectivity index is 1.20. The van der Waals surface area contributed by atoms with Gasteiger partial charge in [-0.15, -0.1) is 0 Å². The van der Waals surface area contributed by atoms with Gasteiger partial charge in [0.1, 0.15) is 48.9 Å². The summed E-state index contributed by atoms with van der Waals surface area (Å²) < 4.78 is 59.6. The molecule has 3 aliphatic heterocycles. The van der Waals surface area contributed by atoms with Gasteiger partial charge in [0.2, 0.25) is 11.9 Å². The molecule has 270 valence electrons. The molecular formula is C22H24N10O16P2-2. The van der Waals surface area contributed by atoms with Crippen molar-refractivity contribution in [2.24, 2.45) is 0 Å². The minimum absolute atomic E-state index is 0.180. The summed E-state index contributed by atoms with van der Waals surface area (Å²) in [5, 5.41) is 31.8. The van der Waals surface area contributed by atoms with Crippen LogP contribution in [0, 0.1) is 0 Å². The second-order valence-corrected chi connectivity index (χ2v) is 13.8. The molecule has 0 amide bonds. The number of phosphoric ester groups is 2. The van der Waals surface area contributed by atoms with E-state index in [0.29, 0.717) is 0 Å². The summed E-state index contributed by atoms with van der Waals surface area (Å²) >= 11 is 0. The highest BCUT2D eigenvalue weighted by Crippen LogP contribution is 2.51. The molecule has 4 aromatic rings. The number of rotatable bonds is 4. The summed E-state index contributed by atoms with van der Waals surface area (Å²) in [7, 11) is -11.0. The number of carbonyl (C=O) groups is 1. The highest BCUT2D eigenvalue weighted by atomic mass is 31.2. The number of nitrogens with one attached hydrogen (secondary N) is 2. The number of aromatic amines is 2. The van der Waals surface area contributed by atoms with E-state index in [-0.39, 0.29) is 28.6 Å². The quantitative estimate of drug-likeness (QED) is 0.0965. The summed E-state index contributed by atoms with van der Waals surface area (Å²) in [6.07, 6.45) is -14.5. The number of aromatic nitrogens is 8. The van der Waals surface area contributed by atoms with Crippen LogP contribution in [0.3, 0.4) is 0 Å². The fourth-order valence-corrected chi connectivity index (χ4v) is 7.70. The topological polar surface area (TPSA) is 393 Å². The molecule has 7 rings (SSSR count). The molecule has 7 heterocycles. The Morgan fingerprint density at radius 3 is 1.98 bits per heavy atom. The molecule has 0 spiro atoms. The van der Waals surface area contributed by atoms with Crippen LogP contribution in [0.4, 0.5) is 11.9 Å². The molecular weight excluding hydrogens is 722 g/mol. The molecule has 9 N–H and O–H groups in total. The number of hydrogen-bond acceptors (Lipinski definition) is 21. The number of fused-ring (bicyclic) bond motifs is 4. The van der Waals surface area contributed by atoms with Crippen molar-refractivity contribution in [3.05, 3.63) is 32.9 Å². The zero-order valence-electron chi connectivity index (χ0n) is 24.7. The lowest BCUT2D eigenvalue weighted by Gasteiger charge is -2.34. The Morgan fingerprint density at radius 2 is 1.40 bits per heavy atom. The van der Waals surface area contributed by atoms with Crippen molar-refractivity contribution in [1.29, 1.82) is 0 Å². The first-order valence-electron chi connectivity index (χ1n) is 14.2. The van der Waals surface area contributed by atoms with E-state index in [1.807, 2.05) is 0 Å². The molecule has 0 saturated carbocycles. The van der Waals surface area contributed by atoms with Crippen LogP contribution in [-0.4, -0.2) is 110 Å². The summed E-state index contributed by atoms with van der Waals surface area (Å²) in [5.41, 5.74) is 8.45. The lowest BCUT2D eigenvalue weighted by Crippen LogP contribution is -2.41. The third kappa shape index (κ3) is 6.10. The molecule has 0 radical (unpaired) electrons. The van der Waals surface area contributed by atoms with Gasteiger partial charge in [0.05, 0.1) is 19.5 Å². The Hall–Kier alpha value is -4.17. The lowest BCUT2D eigenvalue weighted by atomic mass is 10.1. The standard InChI is InChI=1S/C22H26N10O16P2/c23-21-27-15-9(17(37)29-21)25-4-31(15)19-11(35)13-5(45-19)2-43-50(41,42)48-14-6(3-44-49(39,40)47-13)46-20(12(14)36)32-7(1-8(33)34)26-10-16(32)28-22(24)30-18(10)38/h4-6,11-14,19-20,35-36H,1-3H2,(H,33,34)(H,39,40)(H,41,42)(H3,23,27,29,37)(H3,24,28,30,38)/p-2/t5-,6+,11?,12?,13-,14-,19+,20+/m0/s1. The smallest absolute Gasteiger partial charge is 0.311 e. The number of aliphatic hydroxyl groups excluding tert-OH is 2. The predicted molar refractivity (Wildman–Crippen MR) is 153 cm³/mol. The van der Waals surface area contributed by atoms with Crippen molar-refractivity contribution >= 4 is 55.8 Å². The van der Waals surface area contributed by atoms with Crippen LogP contribution >= 0.6 is 15.6 Å². The van der Waals surface area contributed by atoms with Crippen molar-refractivity contribution in [2.45, 2.75) is 55.5 Å². The van der Waals surface area contributed by atoms with Gasteiger partial charge in [-0.25, -0.2) is 9.97 Å². The van der Waals surface area contributed by atoms with Crippen molar-refractivity contribution in [1.82, 2.24) is 39.0 Å². The summed E-state index contributed by atoms with van der Waals surface area (Å²) in [5.74, 6) is -2.58. The van der Waals surface area contributed by atoms with E-state index in [1.165, 1.54) is 0 Å². The summed E-state index contributed by atoms with van der Waals surface area (Å²) in [6, 6.07) is 0. The fourth-order valence-electron chi connectivity index (χ4n) is 5.80. The normalized spacial score (nSPS) is 35.0. The maximum Gasteiger partial charge on any atom is 0.311 e. The molecule has 0 aliphatic carbocycles. The van der Waals surface area contributed by atoms with Crippen molar-refractivity contribution in [2.75, 3.05) is 24.7 Å². The van der Waals surface area contributed by atoms with Crippen LogP contribution in [0.2, 0.25) is 0 Å². The summed E-state index contributed by atoms with van der Waals surface area (Å²) in [6.45, 7) is -2.10. The van der Waals surface area contributed by atoms with Gasteiger partial charge in [0.25, 0.3) is 26.8 Å². The third-order valence-electron chi connectivity index (χ3n) is 7.84. The van der Waals surface area contributed by atoms with E-state index in [9.17, 15) is 48.6 Å². The second kappa shape index (κ2) is 12.3. The molecule has 3 fully saturated rings. The Morgan fingerprint density at radius 1 is 0.880 bits per heavy atom. The van der Waals surface area contributed by atoms with Crippen LogP contribution in [0.25, 0.3) is 22.3 Å². The van der Waals surface area contributed by atoms with E-state index in [0.717, 1.165) is 15.5 Å². The number of phosphoric acid groups is 2. The first-order valence-corrected chi connectivity index (χ1v) is 17.1. The van der Waals surface area contributed by atoms with E-state index in [1.54, 1.807) is 0 Å². The molecule has 28 heteroatoms. The molecule has 0 bridgehead atoms. The predicted octanol–water partition coefficient (Wildman–Crippen LogP) is -4.69. The van der Waals surface area contributed by atoms with Gasteiger partial charge >= 0.3 is 5.97 Å². The third-order valence-corrected chi connectivity index (χ3v) is 9.78. The SMILES string of the molecule is Nc1nc2c(ncn2[C@@H]2O[C@H]3COP(=O)([O-])O[C@@H]4C(O)[C@H](n5c(CC(=O)O)nc6c(=O)[nH]c(N)nc65)O[C@@H]4COP(=O)([O-])O[C@@H]3C2O)c(=O)[nH]1. The van der Waals surface area contributed by atoms with Gasteiger partial charge in [-0.2, -0.15) is 9.97 Å². The molecule has 3 aliphatic rings. The second-order valence-electron chi connectivity index (χ2n) is 11.1. The van der Waals surface area contributed by atoms with Crippen molar-refractivity contribution < 1.29 is 66.6 Å². The van der Waals surface area contributed by atoms with Crippen LogP contribution in [0.1, 0.15) is 18.3 Å². The number of nitrogen functional groups attached to an aromatic ring is 2. The van der Waals surface area contributed by atoms with E-state index in [2.05, 4.69) is 29.9 Å². The zero-order chi connectivity index (χ0) is 35.9. The number of aliphatic hydroxyl groups is 2. The number of anilines is 2. The molecule has 4 aromatic heterocycles. The number of hydrogen-bond donors (Lipinski definition) is 7. The number of ether oxygens (including phenoxy) is 2. The Labute approximate surface area is 274 Å². The van der Waals surface area contributed by atoms with Gasteiger partial charge in [0.15, 0.2) is 34.8 Å². The number of nitrogens with zero attached hydrogens (tertiary/aromatic N) is 6. The Bertz CT molecular complexity index is 2220. The highest BCUT2D eigenvalue weighted by molar-refractivity contribution is 7.46. The minimum Gasteiger partial charge on any atom is -0.756 e. The van der Waals surface area contributed by atoms with Crippen LogP contribution < -0.4 is 32.4 Å². The van der Waals surface area contributed by atoms with Gasteiger partial charge in [-0.1, -0.05) is 0 Å². The first-order chi connectivity index (χ1) is 23.5. The monoisotopic (exact) mass is 746 g/mol. The number of carboxylic acids is 1. The number of aliphatic carboxylic acids is 1. The number of nitrogens with two attached hydrogens (primary N) is 2. The average molecular weight is 746 g/mol. The number of H-pyrrole nitrogens is 2. The maximum atomic E-state index is 13.1. The fraction of sp³-hybridized carbons (Fsp3) is 0.500. The molecule has 3 saturated heterocycles. The molecule has 10 atom stereocenters. The van der Waals surface area contributed by atoms with Crippen molar-refractivity contribution in [3.63, 3.8) is 0 Å². The van der Waals surface area contributed by atoms with Crippen LogP contribution in [-0.2, 0) is 47.9 Å². The molecule has 0 aromatic carbocycles. The van der Waals surface area contributed by atoms with E-state index in [4.69, 9.17) is 39.0 Å². The number of imidazole rings is 2. The molecule has 4 unspecified atom stereocenters. The maximum absolute atomic E-state index is 13.1. The van der Waals surface area contributed by atoms with Gasteiger partial charge in [-0.05, 0) is 0 Å². The van der Waals surface area contributed by atoms with Crippen molar-refractivity contribution in [3.8, 4) is 0 Å². The van der Waals surface area contributed by atoms with Crippen LogP contribution in [0.5, 0.6) is 0 Å². The average Bonchev–Trinajstić information content (AvgIpc) is 3.74. The van der Waals surface area contributed by atoms with Crippen LogP contribution in [0.15, 0.2) is 15.9 Å². The molecule has 26 nitrogen and oxygen atoms in total. The van der Waals surface area contributed by atoms with Gasteiger partial charge in [-0.3, -0.25) is 42.6 Å². The molecule has 50 heavy (non-hydrogen) atoms. The summed E-state index contributed by atoms with van der Waals surface area (Å²) in [4.78, 5) is 82.6. The first kappa shape index (κ1) is 34.3. The largest absolute Gasteiger partial charge is 0.756 e. The van der Waals surface area contributed by atoms with Gasteiger partial charge < -0.3 is 64.1 Å². The van der Waals surface area contributed by atoms with Gasteiger partial charge in [0, 0.05) is 0 Å². The van der Waals surface area contributed by atoms with E-state index < -0.39 is 113 Å². The van der Waals surface area contributed by atoms with E-state index >= 15 is 0 Å². The zero-order valence-corrected chi connectivity index (χ0v) is 26.5. The highest BCUT2D eigenvalue weighted by Gasteiger charge is 2.52. The lowest BCUT2D eigenvalue weighted by molar-refractivity contribution is -0.244. The minimum atomic E-state index is -5.49. The number of carboxylic acid groups (broad SMARTS) is 1.